The van der Waals surface area contributed by atoms with Gasteiger partial charge in [0.1, 0.15) is 5.82 Å². The maximum atomic E-state index is 13.4. The molecule has 0 aromatic heterocycles. The molecule has 0 nitrogen and oxygen atoms in total. The van der Waals surface area contributed by atoms with Crippen LogP contribution < -0.4 is 0 Å². The lowest BCUT2D eigenvalue weighted by atomic mass is 9.93. The standard InChI is InChI=1S/C14H6F14/c15-8-3-1-7(2-4-8)5-6-9(16,17)10(18,19)11(20,21)12(22,23)13(24,25)14(26,27)28/h1-6H/b6-5+. The Kier molecular flexibility index (Phi) is 5.83. The molecule has 0 saturated carbocycles. The number of benzene rings is 1. The third-order valence-electron chi connectivity index (χ3n) is 3.31. The first-order chi connectivity index (χ1) is 12.2. The number of rotatable bonds is 6. The average molecular weight is 440 g/mol. The highest BCUT2D eigenvalue weighted by Crippen LogP contribution is 2.60. The second-order valence-electron chi connectivity index (χ2n) is 5.30. The van der Waals surface area contributed by atoms with Crippen LogP contribution in [0.1, 0.15) is 5.56 Å². The minimum absolute atomic E-state index is 0.0799. The Hall–Kier alpha value is -2.02. The number of allylic oxidation sites excluding steroid dienone is 1. The highest BCUT2D eigenvalue weighted by molar-refractivity contribution is 5.50. The van der Waals surface area contributed by atoms with Gasteiger partial charge in [0.25, 0.3) is 0 Å². The van der Waals surface area contributed by atoms with Crippen molar-refractivity contribution in [1.29, 1.82) is 0 Å². The topological polar surface area (TPSA) is 0 Å². The average Bonchev–Trinajstić information content (AvgIpc) is 2.52. The highest BCUT2D eigenvalue weighted by atomic mass is 19.4. The number of halogens is 14. The molecule has 1 aromatic carbocycles. The van der Waals surface area contributed by atoms with Crippen LogP contribution >= 0.6 is 0 Å². The van der Waals surface area contributed by atoms with Gasteiger partial charge in [0.15, 0.2) is 0 Å². The fraction of sp³-hybridized carbons (Fsp3) is 0.429. The third kappa shape index (κ3) is 3.64. The summed E-state index contributed by atoms with van der Waals surface area (Å²) in [6, 6.07) is 2.51. The van der Waals surface area contributed by atoms with E-state index in [2.05, 4.69) is 0 Å². The normalized spacial score (nSPS) is 15.4. The Morgan fingerprint density at radius 1 is 0.536 bits per heavy atom. The molecule has 0 fully saturated rings. The van der Waals surface area contributed by atoms with Crippen molar-refractivity contribution >= 4 is 6.08 Å². The van der Waals surface area contributed by atoms with Gasteiger partial charge >= 0.3 is 35.8 Å². The predicted molar refractivity (Wildman–Crippen MR) is 66.2 cm³/mol. The van der Waals surface area contributed by atoms with E-state index in [1.165, 1.54) is 0 Å². The molecule has 14 heteroatoms. The van der Waals surface area contributed by atoms with Crippen LogP contribution in [0.25, 0.3) is 6.08 Å². The molecule has 0 atom stereocenters. The van der Waals surface area contributed by atoms with Crippen molar-refractivity contribution in [2.45, 2.75) is 35.8 Å². The van der Waals surface area contributed by atoms with E-state index in [0.717, 1.165) is 0 Å². The fourth-order valence-corrected chi connectivity index (χ4v) is 1.66. The van der Waals surface area contributed by atoms with Crippen LogP contribution in [0.15, 0.2) is 30.3 Å². The van der Waals surface area contributed by atoms with Gasteiger partial charge < -0.3 is 0 Å². The van der Waals surface area contributed by atoms with Gasteiger partial charge in [-0.1, -0.05) is 18.2 Å². The van der Waals surface area contributed by atoms with E-state index in [0.29, 0.717) is 24.3 Å². The van der Waals surface area contributed by atoms with E-state index in [-0.39, 0.29) is 6.08 Å². The lowest BCUT2D eigenvalue weighted by Crippen LogP contribution is -2.69. The summed E-state index contributed by atoms with van der Waals surface area (Å²) >= 11 is 0. The zero-order valence-corrected chi connectivity index (χ0v) is 12.8. The van der Waals surface area contributed by atoms with E-state index in [1.54, 1.807) is 0 Å². The van der Waals surface area contributed by atoms with E-state index < -0.39 is 53.2 Å². The minimum atomic E-state index is -7.94. The quantitative estimate of drug-likeness (QED) is 0.439. The van der Waals surface area contributed by atoms with Gasteiger partial charge in [-0.15, -0.1) is 0 Å². The first-order valence-corrected chi connectivity index (χ1v) is 6.63. The van der Waals surface area contributed by atoms with Gasteiger partial charge in [0.05, 0.1) is 0 Å². The lowest BCUT2D eigenvalue weighted by molar-refractivity contribution is -0.436. The Morgan fingerprint density at radius 3 is 1.32 bits per heavy atom. The fourth-order valence-electron chi connectivity index (χ4n) is 1.66. The summed E-state index contributed by atoms with van der Waals surface area (Å²) in [5.74, 6) is -38.2. The molecule has 0 aliphatic carbocycles. The second kappa shape index (κ2) is 6.79. The Morgan fingerprint density at radius 2 is 0.929 bits per heavy atom. The number of hydrogen-bond acceptors (Lipinski definition) is 0. The first-order valence-electron chi connectivity index (χ1n) is 6.63. The molecule has 0 amide bonds. The van der Waals surface area contributed by atoms with Crippen molar-refractivity contribution in [3.8, 4) is 0 Å². The maximum absolute atomic E-state index is 13.4. The molecular weight excluding hydrogens is 434 g/mol. The van der Waals surface area contributed by atoms with Gasteiger partial charge in [0, 0.05) is 0 Å². The minimum Gasteiger partial charge on any atom is -0.207 e. The summed E-state index contributed by atoms with van der Waals surface area (Å²) in [4.78, 5) is 0. The maximum Gasteiger partial charge on any atom is 0.460 e. The molecular formula is C14H6F14. The molecule has 28 heavy (non-hydrogen) atoms. The van der Waals surface area contributed by atoms with E-state index >= 15 is 0 Å². The lowest BCUT2D eigenvalue weighted by Gasteiger charge is -2.39. The Balaban J connectivity index is 3.38. The Labute approximate surface area is 146 Å². The Bertz CT molecular complexity index is 711. The van der Waals surface area contributed by atoms with E-state index in [1.807, 2.05) is 0 Å². The number of alkyl halides is 13. The summed E-state index contributed by atoms with van der Waals surface area (Å²) in [6.07, 6.45) is -8.64. The molecule has 1 aromatic rings. The molecule has 0 heterocycles. The molecule has 0 aliphatic heterocycles. The zero-order valence-electron chi connectivity index (χ0n) is 12.8. The SMILES string of the molecule is Fc1ccc(/C=C/C(F)(F)C(F)(F)C(F)(F)C(F)(F)C(F)(F)C(F)(F)F)cc1. The monoisotopic (exact) mass is 440 g/mol. The van der Waals surface area contributed by atoms with Crippen LogP contribution in [-0.4, -0.2) is 35.8 Å². The summed E-state index contributed by atoms with van der Waals surface area (Å²) in [5.41, 5.74) is -0.535. The van der Waals surface area contributed by atoms with Gasteiger partial charge in [0.2, 0.25) is 0 Å². The van der Waals surface area contributed by atoms with Crippen LogP contribution in [0.4, 0.5) is 61.5 Å². The zero-order chi connectivity index (χ0) is 22.4. The summed E-state index contributed by atoms with van der Waals surface area (Å²) in [7, 11) is 0. The highest BCUT2D eigenvalue weighted by Gasteiger charge is 2.90. The van der Waals surface area contributed by atoms with Crippen molar-refractivity contribution in [3.63, 3.8) is 0 Å². The van der Waals surface area contributed by atoms with Gasteiger partial charge in [-0.2, -0.15) is 57.1 Å². The van der Waals surface area contributed by atoms with Crippen LogP contribution in [0.3, 0.4) is 0 Å². The number of hydrogen-bond donors (Lipinski definition) is 0. The van der Waals surface area contributed by atoms with Crippen molar-refractivity contribution in [3.05, 3.63) is 41.7 Å². The van der Waals surface area contributed by atoms with Gasteiger partial charge in [-0.05, 0) is 23.8 Å². The summed E-state index contributed by atoms with van der Waals surface area (Å²) in [5, 5.41) is 0. The van der Waals surface area contributed by atoms with E-state index in [9.17, 15) is 61.5 Å². The first kappa shape index (κ1) is 24.0. The van der Waals surface area contributed by atoms with Crippen LogP contribution in [0.5, 0.6) is 0 Å². The van der Waals surface area contributed by atoms with Crippen molar-refractivity contribution in [1.82, 2.24) is 0 Å². The van der Waals surface area contributed by atoms with Gasteiger partial charge in [-0.25, -0.2) is 4.39 Å². The van der Waals surface area contributed by atoms with Crippen LogP contribution in [0.2, 0.25) is 0 Å². The molecule has 1 rings (SSSR count). The summed E-state index contributed by atoms with van der Waals surface area (Å²) < 4.78 is 180. The van der Waals surface area contributed by atoms with Gasteiger partial charge in [-0.3, -0.25) is 0 Å². The smallest absolute Gasteiger partial charge is 0.207 e. The van der Waals surface area contributed by atoms with Crippen molar-refractivity contribution in [2.75, 3.05) is 0 Å². The third-order valence-corrected chi connectivity index (χ3v) is 3.31. The molecule has 0 unspecified atom stereocenters. The summed E-state index contributed by atoms with van der Waals surface area (Å²) in [6.45, 7) is 0. The van der Waals surface area contributed by atoms with Crippen LogP contribution in [-0.2, 0) is 0 Å². The second-order valence-corrected chi connectivity index (χ2v) is 5.30. The molecule has 0 radical (unpaired) electrons. The van der Waals surface area contributed by atoms with E-state index in [4.69, 9.17) is 0 Å². The molecule has 0 saturated heterocycles. The molecule has 0 N–H and O–H groups in total. The molecule has 0 spiro atoms. The largest absolute Gasteiger partial charge is 0.460 e. The molecule has 0 bridgehead atoms. The molecule has 160 valence electrons. The molecule has 0 aliphatic rings. The van der Waals surface area contributed by atoms with Crippen molar-refractivity contribution in [2.24, 2.45) is 0 Å². The van der Waals surface area contributed by atoms with Crippen molar-refractivity contribution < 1.29 is 61.5 Å². The van der Waals surface area contributed by atoms with Crippen LogP contribution in [0, 0.1) is 5.82 Å². The predicted octanol–water partition coefficient (Wildman–Crippen LogP) is 6.58.